The SMILES string of the molecule is COc1cccc(-c2cc(COc3ccc4oc(=O)ccc4c3)on2)c1. The van der Waals surface area contributed by atoms with E-state index in [1.807, 2.05) is 30.3 Å². The Morgan fingerprint density at radius 3 is 2.81 bits per heavy atom. The van der Waals surface area contributed by atoms with Gasteiger partial charge in [0.15, 0.2) is 5.76 Å². The first-order valence-electron chi connectivity index (χ1n) is 7.98. The molecule has 0 aliphatic heterocycles. The minimum absolute atomic E-state index is 0.235. The van der Waals surface area contributed by atoms with Gasteiger partial charge in [0.25, 0.3) is 0 Å². The van der Waals surface area contributed by atoms with Crippen molar-refractivity contribution in [1.29, 1.82) is 0 Å². The fourth-order valence-corrected chi connectivity index (χ4v) is 2.59. The van der Waals surface area contributed by atoms with Gasteiger partial charge >= 0.3 is 5.63 Å². The van der Waals surface area contributed by atoms with E-state index in [0.29, 0.717) is 22.8 Å². The van der Waals surface area contributed by atoms with Crippen LogP contribution in [0.15, 0.2) is 74.4 Å². The zero-order valence-corrected chi connectivity index (χ0v) is 14.0. The molecule has 0 aliphatic rings. The first kappa shape index (κ1) is 16.0. The van der Waals surface area contributed by atoms with Crippen LogP contribution in [-0.2, 0) is 6.61 Å². The third-order valence-electron chi connectivity index (χ3n) is 3.90. The molecule has 26 heavy (non-hydrogen) atoms. The van der Waals surface area contributed by atoms with Gasteiger partial charge < -0.3 is 18.4 Å². The van der Waals surface area contributed by atoms with E-state index in [2.05, 4.69) is 5.16 Å². The summed E-state index contributed by atoms with van der Waals surface area (Å²) in [6.45, 7) is 0.235. The minimum Gasteiger partial charge on any atom is -0.497 e. The van der Waals surface area contributed by atoms with E-state index in [1.54, 1.807) is 31.4 Å². The second-order valence-electron chi connectivity index (χ2n) is 5.65. The summed E-state index contributed by atoms with van der Waals surface area (Å²) in [5.74, 6) is 2.00. The highest BCUT2D eigenvalue weighted by Gasteiger charge is 2.09. The smallest absolute Gasteiger partial charge is 0.336 e. The Balaban J connectivity index is 1.49. The molecule has 0 amide bonds. The van der Waals surface area contributed by atoms with Gasteiger partial charge in [-0.05, 0) is 36.4 Å². The summed E-state index contributed by atoms with van der Waals surface area (Å²) in [4.78, 5) is 11.2. The second-order valence-corrected chi connectivity index (χ2v) is 5.65. The van der Waals surface area contributed by atoms with Crippen molar-refractivity contribution in [1.82, 2.24) is 5.16 Å². The minimum atomic E-state index is -0.377. The fourth-order valence-electron chi connectivity index (χ4n) is 2.59. The Kier molecular flexibility index (Phi) is 4.15. The van der Waals surface area contributed by atoms with Gasteiger partial charge in [0.2, 0.25) is 0 Å². The van der Waals surface area contributed by atoms with Gasteiger partial charge in [-0.15, -0.1) is 0 Å². The molecular formula is C20H15NO5. The van der Waals surface area contributed by atoms with Crippen molar-refractivity contribution in [3.05, 3.63) is 76.8 Å². The average molecular weight is 349 g/mol. The molecule has 2 aromatic heterocycles. The van der Waals surface area contributed by atoms with Crippen LogP contribution in [0.4, 0.5) is 0 Å². The molecule has 2 aromatic carbocycles. The molecule has 0 spiro atoms. The third kappa shape index (κ3) is 3.30. The van der Waals surface area contributed by atoms with Crippen molar-refractivity contribution < 1.29 is 18.4 Å². The summed E-state index contributed by atoms with van der Waals surface area (Å²) >= 11 is 0. The van der Waals surface area contributed by atoms with Crippen LogP contribution in [0.25, 0.3) is 22.2 Å². The molecule has 6 heteroatoms. The lowest BCUT2D eigenvalue weighted by molar-refractivity contribution is 0.250. The van der Waals surface area contributed by atoms with E-state index in [9.17, 15) is 4.79 Å². The molecule has 0 saturated heterocycles. The van der Waals surface area contributed by atoms with Crippen molar-refractivity contribution in [3.8, 4) is 22.8 Å². The molecule has 0 aliphatic carbocycles. The number of rotatable bonds is 5. The van der Waals surface area contributed by atoms with Gasteiger partial charge in [0.1, 0.15) is 29.4 Å². The zero-order chi connectivity index (χ0) is 17.9. The molecule has 0 unspecified atom stereocenters. The average Bonchev–Trinajstić information content (AvgIpc) is 3.15. The quantitative estimate of drug-likeness (QED) is 0.506. The van der Waals surface area contributed by atoms with E-state index in [-0.39, 0.29) is 12.2 Å². The second kappa shape index (κ2) is 6.76. The summed E-state index contributed by atoms with van der Waals surface area (Å²) in [7, 11) is 1.62. The molecule has 4 rings (SSSR count). The van der Waals surface area contributed by atoms with Crippen molar-refractivity contribution in [2.75, 3.05) is 7.11 Å². The maximum atomic E-state index is 11.2. The number of aromatic nitrogens is 1. The fraction of sp³-hybridized carbons (Fsp3) is 0.100. The molecule has 6 nitrogen and oxygen atoms in total. The number of hydrogen-bond acceptors (Lipinski definition) is 6. The standard InChI is InChI=1S/C20H15NO5/c1-23-15-4-2-3-13(9-15)18-11-17(26-21-18)12-24-16-6-7-19-14(10-16)5-8-20(22)25-19/h2-11H,12H2,1H3. The lowest BCUT2D eigenvalue weighted by atomic mass is 10.1. The highest BCUT2D eigenvalue weighted by atomic mass is 16.5. The van der Waals surface area contributed by atoms with Gasteiger partial charge in [0, 0.05) is 23.1 Å². The van der Waals surface area contributed by atoms with Crippen LogP contribution in [0, 0.1) is 0 Å². The summed E-state index contributed by atoms with van der Waals surface area (Å²) < 4.78 is 21.4. The Bertz CT molecular complexity index is 1110. The van der Waals surface area contributed by atoms with E-state index in [4.69, 9.17) is 18.4 Å². The molecular weight excluding hydrogens is 334 g/mol. The molecule has 0 radical (unpaired) electrons. The van der Waals surface area contributed by atoms with Crippen LogP contribution in [-0.4, -0.2) is 12.3 Å². The van der Waals surface area contributed by atoms with Crippen molar-refractivity contribution >= 4 is 11.0 Å². The van der Waals surface area contributed by atoms with Gasteiger partial charge in [0.05, 0.1) is 7.11 Å². The predicted molar refractivity (Wildman–Crippen MR) is 95.3 cm³/mol. The third-order valence-corrected chi connectivity index (χ3v) is 3.90. The van der Waals surface area contributed by atoms with Crippen LogP contribution in [0.1, 0.15) is 5.76 Å². The van der Waals surface area contributed by atoms with Gasteiger partial charge in [-0.25, -0.2) is 4.79 Å². The summed E-state index contributed by atoms with van der Waals surface area (Å²) in [6.07, 6.45) is 0. The van der Waals surface area contributed by atoms with Crippen LogP contribution < -0.4 is 15.1 Å². The van der Waals surface area contributed by atoms with E-state index < -0.39 is 0 Å². The van der Waals surface area contributed by atoms with E-state index in [1.165, 1.54) is 6.07 Å². The molecule has 130 valence electrons. The van der Waals surface area contributed by atoms with Crippen LogP contribution in [0.2, 0.25) is 0 Å². The summed E-state index contributed by atoms with van der Waals surface area (Å²) in [6, 6.07) is 17.7. The monoisotopic (exact) mass is 349 g/mol. The number of ether oxygens (including phenoxy) is 2. The summed E-state index contributed by atoms with van der Waals surface area (Å²) in [5, 5.41) is 4.86. The zero-order valence-electron chi connectivity index (χ0n) is 14.0. The molecule has 0 fully saturated rings. The van der Waals surface area contributed by atoms with Crippen molar-refractivity contribution in [2.24, 2.45) is 0 Å². The Labute approximate surface area is 148 Å². The van der Waals surface area contributed by atoms with Gasteiger partial charge in [-0.3, -0.25) is 0 Å². The predicted octanol–water partition coefficient (Wildman–Crippen LogP) is 4.04. The molecule has 2 heterocycles. The normalized spacial score (nSPS) is 10.8. The first-order chi connectivity index (χ1) is 12.7. The molecule has 0 bridgehead atoms. The van der Waals surface area contributed by atoms with Gasteiger partial charge in [-0.1, -0.05) is 17.3 Å². The van der Waals surface area contributed by atoms with Crippen molar-refractivity contribution in [3.63, 3.8) is 0 Å². The summed E-state index contributed by atoms with van der Waals surface area (Å²) in [5.41, 5.74) is 1.76. The molecule has 0 atom stereocenters. The number of methoxy groups -OCH3 is 1. The van der Waals surface area contributed by atoms with Crippen LogP contribution in [0.5, 0.6) is 11.5 Å². The lowest BCUT2D eigenvalue weighted by Gasteiger charge is -2.04. The number of hydrogen-bond donors (Lipinski definition) is 0. The maximum Gasteiger partial charge on any atom is 0.336 e. The number of fused-ring (bicyclic) bond motifs is 1. The van der Waals surface area contributed by atoms with Crippen LogP contribution >= 0.6 is 0 Å². The molecule has 0 N–H and O–H groups in total. The lowest BCUT2D eigenvalue weighted by Crippen LogP contribution is -1.96. The van der Waals surface area contributed by atoms with Crippen molar-refractivity contribution in [2.45, 2.75) is 6.61 Å². The Morgan fingerprint density at radius 2 is 1.92 bits per heavy atom. The number of benzene rings is 2. The first-order valence-corrected chi connectivity index (χ1v) is 7.98. The molecule has 0 saturated carbocycles. The topological polar surface area (TPSA) is 74.7 Å². The van der Waals surface area contributed by atoms with E-state index >= 15 is 0 Å². The highest BCUT2D eigenvalue weighted by Crippen LogP contribution is 2.25. The van der Waals surface area contributed by atoms with Crippen LogP contribution in [0.3, 0.4) is 0 Å². The number of nitrogens with zero attached hydrogens (tertiary/aromatic N) is 1. The Morgan fingerprint density at radius 1 is 1.00 bits per heavy atom. The highest BCUT2D eigenvalue weighted by molar-refractivity contribution is 5.77. The molecule has 4 aromatic rings. The maximum absolute atomic E-state index is 11.2. The largest absolute Gasteiger partial charge is 0.497 e. The van der Waals surface area contributed by atoms with Gasteiger partial charge in [-0.2, -0.15) is 0 Å². The Hall–Kier alpha value is -3.54. The van der Waals surface area contributed by atoms with E-state index in [0.717, 1.165) is 16.7 Å².